The Hall–Kier alpha value is -2.13. The van der Waals surface area contributed by atoms with E-state index in [0.717, 1.165) is 11.1 Å². The monoisotopic (exact) mass is 297 g/mol. The van der Waals surface area contributed by atoms with Gasteiger partial charge in [0.1, 0.15) is 0 Å². The number of esters is 1. The van der Waals surface area contributed by atoms with Gasteiger partial charge in [0, 0.05) is 6.04 Å². The van der Waals surface area contributed by atoms with Gasteiger partial charge in [-0.3, -0.25) is 4.79 Å². The van der Waals surface area contributed by atoms with E-state index in [1.54, 1.807) is 6.92 Å². The lowest BCUT2D eigenvalue weighted by Gasteiger charge is -2.15. The molecular weight excluding hydrogens is 274 g/mol. The average molecular weight is 297 g/mol. The molecule has 0 amide bonds. The Morgan fingerprint density at radius 3 is 2.41 bits per heavy atom. The van der Waals surface area contributed by atoms with Crippen LogP contribution in [0.15, 0.2) is 42.5 Å². The molecular formula is C19H23NO2. The number of aryl methyl sites for hydroxylation is 2. The van der Waals surface area contributed by atoms with E-state index in [0.29, 0.717) is 6.61 Å². The first kappa shape index (κ1) is 16.2. The van der Waals surface area contributed by atoms with Gasteiger partial charge in [0.25, 0.3) is 0 Å². The summed E-state index contributed by atoms with van der Waals surface area (Å²) in [5.74, 6) is -0.257. The summed E-state index contributed by atoms with van der Waals surface area (Å²) in [5.41, 5.74) is 11.9. The average Bonchev–Trinajstić information content (AvgIpc) is 2.47. The fourth-order valence-electron chi connectivity index (χ4n) is 2.71. The van der Waals surface area contributed by atoms with Crippen LogP contribution in [0.25, 0.3) is 11.1 Å². The minimum absolute atomic E-state index is 0.198. The molecule has 0 spiro atoms. The third-order valence-corrected chi connectivity index (χ3v) is 3.78. The van der Waals surface area contributed by atoms with Crippen molar-refractivity contribution >= 4 is 5.97 Å². The number of rotatable bonds is 5. The van der Waals surface area contributed by atoms with Crippen LogP contribution in [0.5, 0.6) is 0 Å². The van der Waals surface area contributed by atoms with Crippen molar-refractivity contribution in [3.8, 4) is 11.1 Å². The van der Waals surface area contributed by atoms with Gasteiger partial charge in [-0.15, -0.1) is 0 Å². The Labute approximate surface area is 132 Å². The van der Waals surface area contributed by atoms with Gasteiger partial charge in [0.05, 0.1) is 13.0 Å². The maximum Gasteiger partial charge on any atom is 0.307 e. The Bertz CT molecular complexity index is 644. The van der Waals surface area contributed by atoms with Gasteiger partial charge >= 0.3 is 5.97 Å². The van der Waals surface area contributed by atoms with E-state index in [9.17, 15) is 4.79 Å². The summed E-state index contributed by atoms with van der Waals surface area (Å²) in [6, 6.07) is 14.0. The van der Waals surface area contributed by atoms with Gasteiger partial charge < -0.3 is 10.5 Å². The standard InChI is InChI=1S/C19H23NO2/c1-4-22-18(21)12-17(20)15-9-6-10-16(11-15)19-13(2)7-5-8-14(19)3/h5-11,17H,4,12,20H2,1-3H3/t17-/m0/s1. The third kappa shape index (κ3) is 3.74. The SMILES string of the molecule is CCOC(=O)C[C@H](N)c1cccc(-c2c(C)cccc2C)c1. The minimum Gasteiger partial charge on any atom is -0.466 e. The lowest BCUT2D eigenvalue weighted by molar-refractivity contribution is -0.143. The summed E-state index contributed by atoms with van der Waals surface area (Å²) < 4.78 is 4.97. The van der Waals surface area contributed by atoms with Crippen LogP contribution in [-0.2, 0) is 9.53 Å². The molecule has 2 N–H and O–H groups in total. The van der Waals surface area contributed by atoms with Crippen LogP contribution < -0.4 is 5.73 Å². The van der Waals surface area contributed by atoms with Gasteiger partial charge in [0.15, 0.2) is 0 Å². The zero-order valence-electron chi connectivity index (χ0n) is 13.4. The highest BCUT2D eigenvalue weighted by Crippen LogP contribution is 2.29. The lowest BCUT2D eigenvalue weighted by Crippen LogP contribution is -2.17. The zero-order valence-corrected chi connectivity index (χ0v) is 13.4. The molecule has 22 heavy (non-hydrogen) atoms. The molecule has 2 aromatic rings. The zero-order chi connectivity index (χ0) is 16.1. The predicted octanol–water partition coefficient (Wildman–Crippen LogP) is 3.92. The number of carbonyl (C=O) groups is 1. The molecule has 0 bridgehead atoms. The van der Waals surface area contributed by atoms with Crippen LogP contribution in [0.2, 0.25) is 0 Å². The number of benzene rings is 2. The fraction of sp³-hybridized carbons (Fsp3) is 0.316. The largest absolute Gasteiger partial charge is 0.466 e. The van der Waals surface area contributed by atoms with Crippen LogP contribution in [0.1, 0.15) is 36.1 Å². The summed E-state index contributed by atoms with van der Waals surface area (Å²) in [6.07, 6.45) is 0.198. The molecule has 1 atom stereocenters. The summed E-state index contributed by atoms with van der Waals surface area (Å²) >= 11 is 0. The first-order valence-corrected chi connectivity index (χ1v) is 7.60. The van der Waals surface area contributed by atoms with Crippen molar-refractivity contribution in [1.82, 2.24) is 0 Å². The molecule has 0 heterocycles. The third-order valence-electron chi connectivity index (χ3n) is 3.78. The summed E-state index contributed by atoms with van der Waals surface area (Å²) in [5, 5.41) is 0. The Morgan fingerprint density at radius 2 is 1.77 bits per heavy atom. The van der Waals surface area contributed by atoms with E-state index in [4.69, 9.17) is 10.5 Å². The molecule has 116 valence electrons. The highest BCUT2D eigenvalue weighted by atomic mass is 16.5. The smallest absolute Gasteiger partial charge is 0.307 e. The molecule has 3 nitrogen and oxygen atoms in total. The second kappa shape index (κ2) is 7.23. The van der Waals surface area contributed by atoms with Crippen LogP contribution in [0.4, 0.5) is 0 Å². The first-order chi connectivity index (χ1) is 10.5. The van der Waals surface area contributed by atoms with Crippen molar-refractivity contribution in [1.29, 1.82) is 0 Å². The van der Waals surface area contributed by atoms with Crippen molar-refractivity contribution in [2.45, 2.75) is 33.2 Å². The summed E-state index contributed by atoms with van der Waals surface area (Å²) in [4.78, 5) is 11.6. The lowest BCUT2D eigenvalue weighted by atomic mass is 9.93. The number of carbonyl (C=O) groups excluding carboxylic acids is 1. The van der Waals surface area contributed by atoms with Gasteiger partial charge in [-0.1, -0.05) is 36.4 Å². The second-order valence-electron chi connectivity index (χ2n) is 5.51. The number of ether oxygens (including phenoxy) is 1. The van der Waals surface area contributed by atoms with Crippen molar-refractivity contribution < 1.29 is 9.53 Å². The Balaban J connectivity index is 2.29. The van der Waals surface area contributed by atoms with Crippen molar-refractivity contribution in [3.63, 3.8) is 0 Å². The van der Waals surface area contributed by atoms with Gasteiger partial charge in [-0.2, -0.15) is 0 Å². The number of nitrogens with two attached hydrogens (primary N) is 1. The van der Waals surface area contributed by atoms with E-state index in [-0.39, 0.29) is 18.4 Å². The van der Waals surface area contributed by atoms with E-state index in [1.165, 1.54) is 16.7 Å². The van der Waals surface area contributed by atoms with E-state index in [2.05, 4.69) is 44.2 Å². The van der Waals surface area contributed by atoms with Crippen LogP contribution in [-0.4, -0.2) is 12.6 Å². The normalized spacial score (nSPS) is 12.0. The van der Waals surface area contributed by atoms with Gasteiger partial charge in [-0.25, -0.2) is 0 Å². The minimum atomic E-state index is -0.344. The highest BCUT2D eigenvalue weighted by Gasteiger charge is 2.14. The van der Waals surface area contributed by atoms with Crippen LogP contribution in [0, 0.1) is 13.8 Å². The highest BCUT2D eigenvalue weighted by molar-refractivity contribution is 5.73. The Morgan fingerprint density at radius 1 is 1.14 bits per heavy atom. The van der Waals surface area contributed by atoms with Crippen LogP contribution >= 0.6 is 0 Å². The van der Waals surface area contributed by atoms with Gasteiger partial charge in [-0.05, 0) is 54.7 Å². The van der Waals surface area contributed by atoms with Crippen molar-refractivity contribution in [2.24, 2.45) is 5.73 Å². The quantitative estimate of drug-likeness (QED) is 0.851. The molecule has 0 fully saturated rings. The second-order valence-corrected chi connectivity index (χ2v) is 5.51. The molecule has 0 aliphatic heterocycles. The van der Waals surface area contributed by atoms with Crippen LogP contribution in [0.3, 0.4) is 0 Å². The molecule has 3 heteroatoms. The molecule has 2 rings (SSSR count). The van der Waals surface area contributed by atoms with Gasteiger partial charge in [0.2, 0.25) is 0 Å². The number of hydrogen-bond acceptors (Lipinski definition) is 3. The summed E-state index contributed by atoms with van der Waals surface area (Å²) in [6.45, 7) is 6.39. The fourth-order valence-corrected chi connectivity index (χ4v) is 2.71. The van der Waals surface area contributed by atoms with E-state index in [1.807, 2.05) is 12.1 Å². The molecule has 0 unspecified atom stereocenters. The molecule has 0 aliphatic rings. The predicted molar refractivity (Wildman–Crippen MR) is 89.5 cm³/mol. The molecule has 0 saturated heterocycles. The van der Waals surface area contributed by atoms with Crippen molar-refractivity contribution in [3.05, 3.63) is 59.2 Å². The molecule has 0 radical (unpaired) electrons. The van der Waals surface area contributed by atoms with E-state index >= 15 is 0 Å². The molecule has 0 aromatic heterocycles. The molecule has 0 aliphatic carbocycles. The van der Waals surface area contributed by atoms with Crippen molar-refractivity contribution in [2.75, 3.05) is 6.61 Å². The maximum atomic E-state index is 11.6. The first-order valence-electron chi connectivity index (χ1n) is 7.60. The topological polar surface area (TPSA) is 52.3 Å². The maximum absolute atomic E-state index is 11.6. The molecule has 2 aromatic carbocycles. The molecule has 0 saturated carbocycles. The number of hydrogen-bond donors (Lipinski definition) is 1. The Kier molecular flexibility index (Phi) is 5.34. The van der Waals surface area contributed by atoms with E-state index < -0.39 is 0 Å². The summed E-state index contributed by atoms with van der Waals surface area (Å²) in [7, 11) is 0.